The van der Waals surface area contributed by atoms with E-state index < -0.39 is 9.85 Å². The van der Waals surface area contributed by atoms with Crippen LogP contribution < -0.4 is 11.1 Å². The van der Waals surface area contributed by atoms with E-state index in [9.17, 15) is 20.2 Å². The third kappa shape index (κ3) is 24.5. The van der Waals surface area contributed by atoms with Gasteiger partial charge in [-0.05, 0) is 62.9 Å². The van der Waals surface area contributed by atoms with E-state index in [-0.39, 0.29) is 16.8 Å². The number of nitrogens with zero attached hydrogens (tertiary/aromatic N) is 4. The molecule has 0 aromatic heterocycles. The van der Waals surface area contributed by atoms with Crippen LogP contribution in [0.15, 0.2) is 85.3 Å². The zero-order valence-electron chi connectivity index (χ0n) is 28.0. The molecule has 2 heterocycles. The molecule has 3 N–H and O–H groups in total. The molecule has 2 aromatic carbocycles. The van der Waals surface area contributed by atoms with Gasteiger partial charge in [0.15, 0.2) is 0 Å². The zero-order valence-corrected chi connectivity index (χ0v) is 28.0. The molecule has 6 radical (unpaired) electrons. The van der Waals surface area contributed by atoms with Crippen LogP contribution in [0.5, 0.6) is 0 Å². The van der Waals surface area contributed by atoms with E-state index in [1.807, 2.05) is 33.8 Å². The molecular formula is C33H54B2N6O4. The summed E-state index contributed by atoms with van der Waals surface area (Å²) in [5, 5.41) is 22.6. The number of hydrogen-bond acceptors (Lipinski definition) is 8. The average molecular weight is 620 g/mol. The third-order valence-corrected chi connectivity index (χ3v) is 6.52. The highest BCUT2D eigenvalue weighted by molar-refractivity contribution is 5.76. The van der Waals surface area contributed by atoms with E-state index in [0.717, 1.165) is 77.4 Å². The lowest BCUT2D eigenvalue weighted by molar-refractivity contribution is -0.402. The van der Waals surface area contributed by atoms with Crippen LogP contribution in [0.25, 0.3) is 0 Å². The van der Waals surface area contributed by atoms with Crippen molar-refractivity contribution in [3.8, 4) is 0 Å². The van der Waals surface area contributed by atoms with Gasteiger partial charge in [0.05, 0.1) is 16.0 Å². The molecule has 0 unspecified atom stereocenters. The highest BCUT2D eigenvalue weighted by atomic mass is 16.6. The van der Waals surface area contributed by atoms with Gasteiger partial charge in [0, 0.05) is 55.1 Å². The molecule has 2 saturated heterocycles. The minimum atomic E-state index is -0.500. The molecule has 246 valence electrons. The van der Waals surface area contributed by atoms with Crippen molar-refractivity contribution in [2.75, 3.05) is 26.2 Å². The molecule has 4 rings (SSSR count). The van der Waals surface area contributed by atoms with Crippen molar-refractivity contribution in [2.45, 2.75) is 85.5 Å². The molecule has 2 aromatic rings. The molecule has 2 aliphatic rings. The van der Waals surface area contributed by atoms with Gasteiger partial charge in [0.1, 0.15) is 0 Å². The van der Waals surface area contributed by atoms with Crippen LogP contribution in [-0.2, 0) is 13.1 Å². The van der Waals surface area contributed by atoms with Crippen LogP contribution in [0, 0.1) is 20.2 Å². The number of likely N-dealkylation sites (tertiary alicyclic amines) is 2. The number of nitrogens with one attached hydrogen (secondary N) is 1. The van der Waals surface area contributed by atoms with Gasteiger partial charge in [-0.1, -0.05) is 88.4 Å². The molecule has 10 nitrogen and oxygen atoms in total. The number of allylic oxidation sites excluding steroid dienone is 1. The molecule has 0 aliphatic carbocycles. The van der Waals surface area contributed by atoms with Crippen LogP contribution >= 0.6 is 0 Å². The number of rotatable bonds is 8. The normalized spacial score (nSPS) is 15.2. The summed E-state index contributed by atoms with van der Waals surface area (Å²) in [6.07, 6.45) is 9.00. The first-order chi connectivity index (χ1) is 20.9. The molecule has 0 bridgehead atoms. The first kappa shape index (κ1) is 46.0. The summed E-state index contributed by atoms with van der Waals surface area (Å²) in [6.45, 7) is 16.0. The van der Waals surface area contributed by atoms with E-state index in [0.29, 0.717) is 12.1 Å². The fourth-order valence-corrected chi connectivity index (χ4v) is 4.41. The Hall–Kier alpha value is -3.47. The number of piperidine rings is 2. The Morgan fingerprint density at radius 1 is 0.733 bits per heavy atom. The van der Waals surface area contributed by atoms with Crippen LogP contribution in [0.4, 0.5) is 0 Å². The lowest BCUT2D eigenvalue weighted by atomic mass is 10.0. The summed E-state index contributed by atoms with van der Waals surface area (Å²) < 4.78 is 0. The lowest BCUT2D eigenvalue weighted by Crippen LogP contribution is -2.40. The molecule has 0 spiro atoms. The van der Waals surface area contributed by atoms with Gasteiger partial charge in [-0.15, -0.1) is 0 Å². The summed E-state index contributed by atoms with van der Waals surface area (Å²) in [7, 11) is 0. The molecule has 12 heteroatoms. The quantitative estimate of drug-likeness (QED) is 0.219. The van der Waals surface area contributed by atoms with Crippen molar-refractivity contribution in [1.82, 2.24) is 15.1 Å². The SMILES string of the molecule is C/C=C\[N+](=O)[O-].CC.CC.NC1CCN(Cc2ccccc2)CC1.O=[N+]([O-])/C=C\NC1CCN(Cc2ccccc2)CC1.[B].[B]. The minimum absolute atomic E-state index is 0. The fourth-order valence-electron chi connectivity index (χ4n) is 4.41. The topological polar surface area (TPSA) is 131 Å². The smallest absolute Gasteiger partial charge is 0.249 e. The second-order valence-electron chi connectivity index (χ2n) is 9.67. The standard InChI is InChI=1S/C14H19N3O2.C12H18N2.C3H5NO2.2C2H6.2B/c18-17(19)11-8-15-14-6-9-16(10-7-14)12-13-4-2-1-3-5-13;13-12-6-8-14(9-7-12)10-11-4-2-1-3-5-11;1-2-3-4(5)6;2*1-2;;/h1-5,8,11,14-15H,6-7,9-10,12H2;1-5,12H,6-10,13H2;2-3H,1H3;2*1-2H3;;/b11-8-;;3-2-;;;;. The van der Waals surface area contributed by atoms with Gasteiger partial charge in [0.2, 0.25) is 12.4 Å². The Bertz CT molecular complexity index is 1020. The molecular weight excluding hydrogens is 566 g/mol. The Morgan fingerprint density at radius 3 is 1.44 bits per heavy atom. The van der Waals surface area contributed by atoms with Gasteiger partial charge >= 0.3 is 0 Å². The van der Waals surface area contributed by atoms with E-state index in [1.54, 1.807) is 6.92 Å². The van der Waals surface area contributed by atoms with Crippen molar-refractivity contribution in [3.05, 3.63) is 117 Å². The Balaban J connectivity index is -0.000000600. The first-order valence-electron chi connectivity index (χ1n) is 15.5. The molecule has 45 heavy (non-hydrogen) atoms. The highest BCUT2D eigenvalue weighted by Crippen LogP contribution is 2.14. The minimum Gasteiger partial charge on any atom is -0.383 e. The maximum Gasteiger partial charge on any atom is 0.249 e. The number of nitrogens with two attached hydrogens (primary N) is 1. The van der Waals surface area contributed by atoms with E-state index in [4.69, 9.17) is 5.73 Å². The molecule has 0 amide bonds. The molecule has 2 aliphatic heterocycles. The van der Waals surface area contributed by atoms with E-state index >= 15 is 0 Å². The van der Waals surface area contributed by atoms with Gasteiger partial charge in [-0.3, -0.25) is 30.0 Å². The molecule has 0 atom stereocenters. The Kier molecular flexibility index (Phi) is 31.2. The second-order valence-corrected chi connectivity index (χ2v) is 9.67. The summed E-state index contributed by atoms with van der Waals surface area (Å²) in [4.78, 5) is 23.4. The van der Waals surface area contributed by atoms with Gasteiger partial charge in [-0.25, -0.2) is 0 Å². The summed E-state index contributed by atoms with van der Waals surface area (Å²) in [5.41, 5.74) is 8.60. The van der Waals surface area contributed by atoms with Crippen molar-refractivity contribution in [1.29, 1.82) is 0 Å². The maximum atomic E-state index is 10.2. The Labute approximate surface area is 275 Å². The third-order valence-electron chi connectivity index (χ3n) is 6.52. The summed E-state index contributed by atoms with van der Waals surface area (Å²) in [6, 6.07) is 21.9. The molecule has 0 saturated carbocycles. The van der Waals surface area contributed by atoms with Crippen molar-refractivity contribution >= 4 is 16.8 Å². The van der Waals surface area contributed by atoms with Crippen molar-refractivity contribution < 1.29 is 9.85 Å². The van der Waals surface area contributed by atoms with E-state index in [1.165, 1.54) is 23.4 Å². The summed E-state index contributed by atoms with van der Waals surface area (Å²) in [5.74, 6) is 0. The van der Waals surface area contributed by atoms with Gasteiger partial charge in [-0.2, -0.15) is 0 Å². The maximum absolute atomic E-state index is 10.2. The predicted octanol–water partition coefficient (Wildman–Crippen LogP) is 5.69. The van der Waals surface area contributed by atoms with Gasteiger partial charge in [0.25, 0.3) is 0 Å². The predicted molar refractivity (Wildman–Crippen MR) is 189 cm³/mol. The Morgan fingerprint density at radius 2 is 1.11 bits per heavy atom. The first-order valence-corrected chi connectivity index (χ1v) is 15.5. The van der Waals surface area contributed by atoms with Gasteiger partial charge < -0.3 is 11.1 Å². The largest absolute Gasteiger partial charge is 0.383 e. The van der Waals surface area contributed by atoms with Crippen LogP contribution in [0.1, 0.15) is 71.4 Å². The van der Waals surface area contributed by atoms with Crippen LogP contribution in [-0.4, -0.2) is 74.7 Å². The van der Waals surface area contributed by atoms with Crippen molar-refractivity contribution in [2.24, 2.45) is 5.73 Å². The molecule has 2 fully saturated rings. The number of benzene rings is 2. The number of hydrogen-bond donors (Lipinski definition) is 2. The van der Waals surface area contributed by atoms with Crippen molar-refractivity contribution in [3.63, 3.8) is 0 Å². The lowest BCUT2D eigenvalue weighted by Gasteiger charge is -2.31. The highest BCUT2D eigenvalue weighted by Gasteiger charge is 2.18. The summed E-state index contributed by atoms with van der Waals surface area (Å²) >= 11 is 0. The van der Waals surface area contributed by atoms with Crippen LogP contribution in [0.2, 0.25) is 0 Å². The van der Waals surface area contributed by atoms with Crippen LogP contribution in [0.3, 0.4) is 0 Å². The van der Waals surface area contributed by atoms with E-state index in [2.05, 4.69) is 69.7 Å². The fraction of sp³-hybridized carbons (Fsp3) is 0.515. The average Bonchev–Trinajstić information content (AvgIpc) is 3.03. The second kappa shape index (κ2) is 30.6. The zero-order chi connectivity index (χ0) is 32.3. The number of nitro groups is 2. The monoisotopic (exact) mass is 620 g/mol.